The Labute approximate surface area is 302 Å². The van der Waals surface area contributed by atoms with Gasteiger partial charge in [-0.3, -0.25) is 4.98 Å². The lowest BCUT2D eigenvalue weighted by atomic mass is 9.93. The molecule has 3 heterocycles. The molecule has 0 amide bonds. The fourth-order valence-corrected chi connectivity index (χ4v) is 6.87. The van der Waals surface area contributed by atoms with Gasteiger partial charge in [0, 0.05) is 46.4 Å². The van der Waals surface area contributed by atoms with Crippen LogP contribution in [-0.4, -0.2) is 40.7 Å². The molecule has 8 nitrogen and oxygen atoms in total. The van der Waals surface area contributed by atoms with Crippen LogP contribution in [0.2, 0.25) is 0 Å². The monoisotopic (exact) mass is 734 g/mol. The standard InChI is InChI=1S/C21H22N2O2.C12H13N.C8H8BrNO2/c1-23-18-13-15(21(24)25-2)10-11-16(18)19(14-7-3-4-8-14)20(23)17-9-5-6-12-22-17;1-2-6-11(5-1)8-9-12-7-3-4-10-13-12;1-12-8(11)5-2-3-6(9)7(10)4-5/h5-6,9-14H,3-4,7-8H2,1-2H3;3-4,7,10-11H,1-2,5-6H2;2-4H,10H2,1H3. The molecule has 0 aliphatic heterocycles. The van der Waals surface area contributed by atoms with Crippen molar-refractivity contribution in [2.24, 2.45) is 13.0 Å². The van der Waals surface area contributed by atoms with Gasteiger partial charge >= 0.3 is 11.9 Å². The van der Waals surface area contributed by atoms with E-state index in [1.807, 2.05) is 48.7 Å². The SMILES string of the molecule is C(#CC1CCCC1)c1ccccn1.COC(=O)c1ccc(Br)c(N)c1.COC(=O)c1ccc2c(C3CCCC3)c(-c3ccccn3)n(C)c2c1. The third-order valence-corrected chi connectivity index (χ3v) is 9.90. The Morgan fingerprint density at radius 1 is 0.820 bits per heavy atom. The number of aromatic nitrogens is 3. The van der Waals surface area contributed by atoms with Crippen molar-refractivity contribution < 1.29 is 19.1 Å². The van der Waals surface area contributed by atoms with E-state index >= 15 is 0 Å². The van der Waals surface area contributed by atoms with Crippen molar-refractivity contribution >= 4 is 44.5 Å². The van der Waals surface area contributed by atoms with Crippen molar-refractivity contribution in [1.29, 1.82) is 0 Å². The number of benzene rings is 2. The number of nitrogens with two attached hydrogens (primary N) is 1. The molecule has 7 rings (SSSR count). The molecule has 2 N–H and O–H groups in total. The average Bonchev–Trinajstić information content (AvgIpc) is 3.94. The fraction of sp³-hybridized carbons (Fsp3) is 0.317. The summed E-state index contributed by atoms with van der Waals surface area (Å²) in [6, 6.07) is 22.7. The number of anilines is 1. The minimum Gasteiger partial charge on any atom is -0.465 e. The molecule has 2 aromatic carbocycles. The van der Waals surface area contributed by atoms with E-state index in [-0.39, 0.29) is 11.9 Å². The number of methoxy groups -OCH3 is 2. The molecule has 0 spiro atoms. The van der Waals surface area contributed by atoms with Crippen LogP contribution in [0.3, 0.4) is 0 Å². The number of esters is 2. The molecule has 0 unspecified atom stereocenters. The highest BCUT2D eigenvalue weighted by Gasteiger charge is 2.27. The predicted octanol–water partition coefficient (Wildman–Crippen LogP) is 9.13. The van der Waals surface area contributed by atoms with Crippen molar-refractivity contribution in [3.05, 3.63) is 112 Å². The molecule has 3 aromatic heterocycles. The smallest absolute Gasteiger partial charge is 0.337 e. The van der Waals surface area contributed by atoms with E-state index in [2.05, 4.69) is 66.2 Å². The number of carbonyl (C=O) groups is 2. The third kappa shape index (κ3) is 8.99. The Bertz CT molecular complexity index is 1970. The minimum absolute atomic E-state index is 0.301. The first-order valence-electron chi connectivity index (χ1n) is 17.0. The van der Waals surface area contributed by atoms with Gasteiger partial charge in [-0.25, -0.2) is 14.6 Å². The summed E-state index contributed by atoms with van der Waals surface area (Å²) in [6.45, 7) is 0. The topological polar surface area (TPSA) is 109 Å². The van der Waals surface area contributed by atoms with Gasteiger partial charge in [0.15, 0.2) is 0 Å². The van der Waals surface area contributed by atoms with Gasteiger partial charge in [0.05, 0.1) is 36.7 Å². The summed E-state index contributed by atoms with van der Waals surface area (Å²) in [6.07, 6.45) is 13.9. The lowest BCUT2D eigenvalue weighted by Gasteiger charge is -2.13. The molecular formula is C41H43BrN4O4. The van der Waals surface area contributed by atoms with Gasteiger partial charge in [-0.2, -0.15) is 0 Å². The first-order chi connectivity index (χ1) is 24.3. The molecule has 50 heavy (non-hydrogen) atoms. The van der Waals surface area contributed by atoms with Crippen LogP contribution in [0.15, 0.2) is 89.7 Å². The van der Waals surface area contributed by atoms with Crippen LogP contribution >= 0.6 is 15.9 Å². The number of hydrogen-bond donors (Lipinski definition) is 1. The van der Waals surface area contributed by atoms with Crippen molar-refractivity contribution in [3.63, 3.8) is 0 Å². The second-order valence-electron chi connectivity index (χ2n) is 12.4. The molecule has 2 fully saturated rings. The number of halogens is 1. The molecule has 0 atom stereocenters. The van der Waals surface area contributed by atoms with Crippen LogP contribution in [0.5, 0.6) is 0 Å². The van der Waals surface area contributed by atoms with Crippen molar-refractivity contribution in [3.8, 4) is 23.2 Å². The summed E-state index contributed by atoms with van der Waals surface area (Å²) in [5.74, 6) is 6.92. The minimum atomic E-state index is -0.380. The highest BCUT2D eigenvalue weighted by Crippen LogP contribution is 2.44. The van der Waals surface area contributed by atoms with E-state index in [1.165, 1.54) is 82.2 Å². The van der Waals surface area contributed by atoms with Crippen LogP contribution in [0, 0.1) is 17.8 Å². The van der Waals surface area contributed by atoms with Crippen molar-refractivity contribution in [1.82, 2.24) is 14.5 Å². The van der Waals surface area contributed by atoms with Crippen LogP contribution < -0.4 is 5.73 Å². The number of rotatable bonds is 4. The quantitative estimate of drug-likeness (QED) is 0.111. The first-order valence-corrected chi connectivity index (χ1v) is 17.8. The zero-order valence-electron chi connectivity index (χ0n) is 28.8. The Balaban J connectivity index is 0.000000163. The molecule has 0 saturated heterocycles. The molecule has 5 aromatic rings. The zero-order chi connectivity index (χ0) is 35.5. The van der Waals surface area contributed by atoms with E-state index in [9.17, 15) is 9.59 Å². The highest BCUT2D eigenvalue weighted by molar-refractivity contribution is 9.10. The average molecular weight is 736 g/mol. The number of nitrogen functional groups attached to an aromatic ring is 1. The number of hydrogen-bond acceptors (Lipinski definition) is 7. The first kappa shape index (κ1) is 36.3. The van der Waals surface area contributed by atoms with Crippen molar-refractivity contribution in [2.75, 3.05) is 20.0 Å². The predicted molar refractivity (Wildman–Crippen MR) is 202 cm³/mol. The Morgan fingerprint density at radius 2 is 1.44 bits per heavy atom. The van der Waals surface area contributed by atoms with E-state index < -0.39 is 0 Å². The number of nitrogens with zero attached hydrogens (tertiary/aromatic N) is 3. The van der Waals surface area contributed by atoms with Gasteiger partial charge in [0.1, 0.15) is 5.69 Å². The molecule has 0 radical (unpaired) electrons. The van der Waals surface area contributed by atoms with E-state index in [0.717, 1.165) is 21.4 Å². The Hall–Kier alpha value is -4.94. The molecule has 2 aliphatic carbocycles. The Kier molecular flexibility index (Phi) is 12.8. The number of aryl methyl sites for hydroxylation is 1. The van der Waals surface area contributed by atoms with Gasteiger partial charge in [0.2, 0.25) is 0 Å². The molecule has 9 heteroatoms. The largest absolute Gasteiger partial charge is 0.465 e. The second kappa shape index (κ2) is 17.6. The van der Waals surface area contributed by atoms with E-state index in [0.29, 0.717) is 28.7 Å². The van der Waals surface area contributed by atoms with Gasteiger partial charge in [-0.1, -0.05) is 49.8 Å². The van der Waals surface area contributed by atoms with Crippen molar-refractivity contribution in [2.45, 2.75) is 57.3 Å². The fourth-order valence-electron chi connectivity index (χ4n) is 6.62. The van der Waals surface area contributed by atoms with E-state index in [1.54, 1.807) is 24.4 Å². The van der Waals surface area contributed by atoms with E-state index in [4.69, 9.17) is 10.5 Å². The third-order valence-electron chi connectivity index (χ3n) is 9.17. The van der Waals surface area contributed by atoms with Gasteiger partial charge in [0.25, 0.3) is 0 Å². The van der Waals surface area contributed by atoms with Crippen LogP contribution in [0.4, 0.5) is 5.69 Å². The van der Waals surface area contributed by atoms with Gasteiger partial charge in [-0.05, 0) is 114 Å². The molecule has 258 valence electrons. The summed E-state index contributed by atoms with van der Waals surface area (Å²) in [7, 11) is 4.81. The Morgan fingerprint density at radius 3 is 2.04 bits per heavy atom. The second-order valence-corrected chi connectivity index (χ2v) is 13.3. The van der Waals surface area contributed by atoms with Gasteiger partial charge < -0.3 is 19.8 Å². The maximum absolute atomic E-state index is 11.9. The summed E-state index contributed by atoms with van der Waals surface area (Å²) >= 11 is 3.22. The summed E-state index contributed by atoms with van der Waals surface area (Å²) < 4.78 is 12.4. The maximum atomic E-state index is 11.9. The molecular weight excluding hydrogens is 692 g/mol. The van der Waals surface area contributed by atoms with Crippen LogP contribution in [0.1, 0.15) is 89.3 Å². The zero-order valence-corrected chi connectivity index (χ0v) is 30.4. The lowest BCUT2D eigenvalue weighted by molar-refractivity contribution is 0.0592. The van der Waals surface area contributed by atoms with Crippen LogP contribution in [-0.2, 0) is 16.5 Å². The number of fused-ring (bicyclic) bond motifs is 1. The lowest BCUT2D eigenvalue weighted by Crippen LogP contribution is -2.01. The molecule has 2 saturated carbocycles. The normalized spacial score (nSPS) is 14.1. The number of ether oxygens (including phenoxy) is 2. The summed E-state index contributed by atoms with van der Waals surface area (Å²) in [4.78, 5) is 31.7. The summed E-state index contributed by atoms with van der Waals surface area (Å²) in [5.41, 5.74) is 12.6. The summed E-state index contributed by atoms with van der Waals surface area (Å²) in [5, 5.41) is 1.22. The maximum Gasteiger partial charge on any atom is 0.337 e. The van der Waals surface area contributed by atoms with Gasteiger partial charge in [-0.15, -0.1) is 0 Å². The molecule has 0 bridgehead atoms. The number of pyridine rings is 2. The highest BCUT2D eigenvalue weighted by atomic mass is 79.9. The molecule has 2 aliphatic rings. The van der Waals surface area contributed by atoms with Crippen LogP contribution in [0.25, 0.3) is 22.3 Å². The number of carbonyl (C=O) groups excluding carboxylic acids is 2.